The van der Waals surface area contributed by atoms with Gasteiger partial charge in [-0.15, -0.1) is 11.8 Å². The predicted molar refractivity (Wildman–Crippen MR) is 131 cm³/mol. The Bertz CT molecular complexity index is 1110. The highest BCUT2D eigenvalue weighted by Gasteiger charge is 2.35. The number of para-hydroxylation sites is 2. The van der Waals surface area contributed by atoms with Gasteiger partial charge in [-0.3, -0.25) is 14.5 Å². The topological polar surface area (TPSA) is 58.6 Å². The van der Waals surface area contributed by atoms with Gasteiger partial charge in [0.25, 0.3) is 0 Å². The molecule has 1 heterocycles. The summed E-state index contributed by atoms with van der Waals surface area (Å²) in [6.07, 6.45) is 3.29. The summed E-state index contributed by atoms with van der Waals surface area (Å²) < 4.78 is 5.74. The number of thioether (sulfide) groups is 1. The summed E-state index contributed by atoms with van der Waals surface area (Å²) in [5.41, 5.74) is 3.43. The highest BCUT2D eigenvalue weighted by atomic mass is 32.2. The number of ether oxygens (including phenoxy) is 1. The molecule has 162 valence electrons. The highest BCUT2D eigenvalue weighted by Crippen LogP contribution is 2.44. The zero-order chi connectivity index (χ0) is 22.3. The van der Waals surface area contributed by atoms with Gasteiger partial charge in [-0.25, -0.2) is 0 Å². The van der Waals surface area contributed by atoms with Crippen molar-refractivity contribution in [3.63, 3.8) is 0 Å². The molecule has 0 unspecified atom stereocenters. The lowest BCUT2D eigenvalue weighted by Gasteiger charge is -2.26. The van der Waals surface area contributed by atoms with Crippen LogP contribution in [0.3, 0.4) is 0 Å². The van der Waals surface area contributed by atoms with Gasteiger partial charge < -0.3 is 10.1 Å². The van der Waals surface area contributed by atoms with Crippen LogP contribution < -0.4 is 15.0 Å². The SMILES string of the molecule is CCOc1ccccc1N1C(=O)CS[C@@H]1c1ccc(NC(=O)/C=C/c2ccccc2)cc1. The third kappa shape index (κ3) is 5.03. The van der Waals surface area contributed by atoms with E-state index in [-0.39, 0.29) is 17.2 Å². The first-order valence-electron chi connectivity index (χ1n) is 10.5. The van der Waals surface area contributed by atoms with Crippen molar-refractivity contribution in [1.29, 1.82) is 0 Å². The number of nitrogens with one attached hydrogen (secondary N) is 1. The summed E-state index contributed by atoms with van der Waals surface area (Å²) in [6.45, 7) is 2.46. The van der Waals surface area contributed by atoms with E-state index in [2.05, 4.69) is 5.32 Å². The second kappa shape index (κ2) is 10.2. The van der Waals surface area contributed by atoms with Crippen LogP contribution in [0.5, 0.6) is 5.75 Å². The van der Waals surface area contributed by atoms with Crippen LogP contribution in [0, 0.1) is 0 Å². The van der Waals surface area contributed by atoms with E-state index < -0.39 is 0 Å². The molecule has 1 fully saturated rings. The van der Waals surface area contributed by atoms with Crippen molar-refractivity contribution < 1.29 is 14.3 Å². The van der Waals surface area contributed by atoms with Crippen molar-refractivity contribution >= 4 is 41.0 Å². The van der Waals surface area contributed by atoms with Crippen molar-refractivity contribution in [1.82, 2.24) is 0 Å². The number of carbonyl (C=O) groups is 2. The predicted octanol–water partition coefficient (Wildman–Crippen LogP) is 5.52. The Hall–Kier alpha value is -3.51. The summed E-state index contributed by atoms with van der Waals surface area (Å²) in [5, 5.41) is 2.73. The fraction of sp³-hybridized carbons (Fsp3) is 0.154. The Morgan fingerprint density at radius 3 is 2.53 bits per heavy atom. The third-order valence-electron chi connectivity index (χ3n) is 4.98. The Kier molecular flexibility index (Phi) is 6.92. The summed E-state index contributed by atoms with van der Waals surface area (Å²) in [6, 6.07) is 24.9. The Morgan fingerprint density at radius 1 is 1.06 bits per heavy atom. The van der Waals surface area contributed by atoms with Crippen molar-refractivity contribution in [3.8, 4) is 5.75 Å². The first-order valence-corrected chi connectivity index (χ1v) is 11.5. The van der Waals surface area contributed by atoms with E-state index in [1.54, 1.807) is 22.7 Å². The van der Waals surface area contributed by atoms with Crippen LogP contribution in [0.2, 0.25) is 0 Å². The number of rotatable bonds is 7. The van der Waals surface area contributed by atoms with Crippen molar-refractivity contribution in [2.45, 2.75) is 12.3 Å². The molecule has 5 nitrogen and oxygen atoms in total. The van der Waals surface area contributed by atoms with E-state index in [0.29, 0.717) is 23.8 Å². The van der Waals surface area contributed by atoms with E-state index in [9.17, 15) is 9.59 Å². The average Bonchev–Trinajstić information content (AvgIpc) is 3.20. The number of amides is 2. The maximum Gasteiger partial charge on any atom is 0.248 e. The van der Waals surface area contributed by atoms with Gasteiger partial charge in [-0.05, 0) is 48.4 Å². The van der Waals surface area contributed by atoms with Crippen LogP contribution in [0.15, 0.2) is 84.9 Å². The van der Waals surface area contributed by atoms with E-state index >= 15 is 0 Å². The molecule has 3 aromatic carbocycles. The quantitative estimate of drug-likeness (QED) is 0.488. The number of benzene rings is 3. The van der Waals surface area contributed by atoms with E-state index in [1.807, 2.05) is 85.8 Å². The molecular weight excluding hydrogens is 420 g/mol. The number of anilines is 2. The molecule has 6 heteroatoms. The fourth-order valence-electron chi connectivity index (χ4n) is 3.52. The molecule has 0 bridgehead atoms. The van der Waals surface area contributed by atoms with Gasteiger partial charge in [-0.1, -0.05) is 54.6 Å². The maximum atomic E-state index is 12.7. The molecule has 1 aliphatic heterocycles. The number of carbonyl (C=O) groups excluding carboxylic acids is 2. The molecule has 0 saturated carbocycles. The van der Waals surface area contributed by atoms with Gasteiger partial charge in [0.1, 0.15) is 11.1 Å². The van der Waals surface area contributed by atoms with E-state index in [1.165, 1.54) is 6.08 Å². The standard InChI is InChI=1S/C26H24N2O3S/c1-2-31-23-11-7-6-10-22(23)28-25(30)18-32-26(28)20-13-15-21(16-14-20)27-24(29)17-12-19-8-4-3-5-9-19/h3-17,26H,2,18H2,1H3,(H,27,29)/b17-12+/t26-/m1/s1. The first kappa shape index (κ1) is 21.7. The lowest BCUT2D eigenvalue weighted by molar-refractivity contribution is -0.116. The van der Waals surface area contributed by atoms with E-state index in [0.717, 1.165) is 16.8 Å². The lowest BCUT2D eigenvalue weighted by atomic mass is 10.1. The fourth-order valence-corrected chi connectivity index (χ4v) is 4.69. The molecule has 0 aromatic heterocycles. The van der Waals surface area contributed by atoms with Gasteiger partial charge in [-0.2, -0.15) is 0 Å². The zero-order valence-electron chi connectivity index (χ0n) is 17.7. The minimum atomic E-state index is -0.195. The van der Waals surface area contributed by atoms with Gasteiger partial charge >= 0.3 is 0 Å². The lowest BCUT2D eigenvalue weighted by Crippen LogP contribution is -2.28. The minimum absolute atomic E-state index is 0.0515. The summed E-state index contributed by atoms with van der Waals surface area (Å²) in [7, 11) is 0. The number of hydrogen-bond donors (Lipinski definition) is 1. The Morgan fingerprint density at radius 2 is 1.78 bits per heavy atom. The van der Waals surface area contributed by atoms with Crippen LogP contribution in [0.25, 0.3) is 6.08 Å². The molecule has 1 N–H and O–H groups in total. The maximum absolute atomic E-state index is 12.7. The monoisotopic (exact) mass is 444 g/mol. The van der Waals surface area contributed by atoms with Gasteiger partial charge in [0.2, 0.25) is 11.8 Å². The summed E-state index contributed by atoms with van der Waals surface area (Å²) in [5.74, 6) is 0.966. The van der Waals surface area contributed by atoms with Crippen LogP contribution in [-0.2, 0) is 9.59 Å². The van der Waals surface area contributed by atoms with Gasteiger partial charge in [0.05, 0.1) is 18.0 Å². The van der Waals surface area contributed by atoms with E-state index in [4.69, 9.17) is 4.74 Å². The largest absolute Gasteiger partial charge is 0.492 e. The highest BCUT2D eigenvalue weighted by molar-refractivity contribution is 8.00. The second-order valence-corrected chi connectivity index (χ2v) is 8.25. The molecule has 1 atom stereocenters. The molecule has 4 rings (SSSR count). The zero-order valence-corrected chi connectivity index (χ0v) is 18.5. The van der Waals surface area contributed by atoms with Gasteiger partial charge in [0, 0.05) is 11.8 Å². The Balaban J connectivity index is 1.48. The molecule has 1 saturated heterocycles. The summed E-state index contributed by atoms with van der Waals surface area (Å²) >= 11 is 1.58. The second-order valence-electron chi connectivity index (χ2n) is 7.18. The van der Waals surface area contributed by atoms with Crippen LogP contribution in [0.4, 0.5) is 11.4 Å². The van der Waals surface area contributed by atoms with Crippen LogP contribution in [-0.4, -0.2) is 24.2 Å². The Labute approximate surface area is 192 Å². The van der Waals surface area contributed by atoms with Crippen molar-refractivity contribution in [3.05, 3.63) is 96.1 Å². The first-order chi connectivity index (χ1) is 15.7. The molecule has 0 aliphatic carbocycles. The van der Waals surface area contributed by atoms with Crippen LogP contribution in [0.1, 0.15) is 23.4 Å². The normalized spacial score (nSPS) is 15.8. The van der Waals surface area contributed by atoms with Crippen molar-refractivity contribution in [2.24, 2.45) is 0 Å². The number of nitrogens with zero attached hydrogens (tertiary/aromatic N) is 1. The molecule has 0 radical (unpaired) electrons. The third-order valence-corrected chi connectivity index (χ3v) is 6.19. The molecule has 3 aromatic rings. The van der Waals surface area contributed by atoms with Crippen LogP contribution >= 0.6 is 11.8 Å². The molecule has 2 amide bonds. The van der Waals surface area contributed by atoms with Gasteiger partial charge in [0.15, 0.2) is 0 Å². The molecule has 1 aliphatic rings. The number of hydrogen-bond acceptors (Lipinski definition) is 4. The van der Waals surface area contributed by atoms with Crippen molar-refractivity contribution in [2.75, 3.05) is 22.6 Å². The molecular formula is C26H24N2O3S. The minimum Gasteiger partial charge on any atom is -0.492 e. The average molecular weight is 445 g/mol. The molecule has 0 spiro atoms. The molecule has 32 heavy (non-hydrogen) atoms. The smallest absolute Gasteiger partial charge is 0.248 e. The summed E-state index contributed by atoms with van der Waals surface area (Å²) in [4.78, 5) is 26.7.